The Kier molecular flexibility index (Phi) is 15.0. The minimum absolute atomic E-state index is 0.0443. The number of aryl methyl sites for hydroxylation is 3. The van der Waals surface area contributed by atoms with Crippen molar-refractivity contribution in [1.29, 1.82) is 0 Å². The molecule has 0 fully saturated rings. The summed E-state index contributed by atoms with van der Waals surface area (Å²) in [6.07, 6.45) is 6.83. The Bertz CT molecular complexity index is 1280. The van der Waals surface area contributed by atoms with Crippen LogP contribution in [0.5, 0.6) is 0 Å². The lowest BCUT2D eigenvalue weighted by Gasteiger charge is -2.27. The maximum absolute atomic E-state index is 12.3. The Morgan fingerprint density at radius 1 is 1.05 bits per heavy atom. The van der Waals surface area contributed by atoms with E-state index in [0.717, 1.165) is 28.5 Å². The van der Waals surface area contributed by atoms with E-state index in [2.05, 4.69) is 30.4 Å². The van der Waals surface area contributed by atoms with Gasteiger partial charge in [-0.3, -0.25) is 4.79 Å². The maximum atomic E-state index is 12.3. The van der Waals surface area contributed by atoms with Crippen molar-refractivity contribution in [3.05, 3.63) is 93.4 Å². The standard InChI is InChI=1S/C26H26ClN3O3.C6H14.C2H6/c1-15-13-20(27)10-11-21(15)16(2)25-29-17(3)23(24(28)30-25)26(4,14-31)19-8-5-18(6-9-19)7-12-22(32)33;1-3-5-6-4-2;1-2/h5-6,8-11,13-14H,2,7,12H2,1,3-4H3,(H,32,33)(H2,28,29,30);3-6H2,1-2H3;1-2H3/t26-;;/m0../s1. The number of halogens is 1. The number of aliphatic carboxylic acids is 1. The van der Waals surface area contributed by atoms with Crippen LogP contribution < -0.4 is 5.73 Å². The molecule has 1 aromatic heterocycles. The molecule has 0 spiro atoms. The molecule has 0 amide bonds. The summed E-state index contributed by atoms with van der Waals surface area (Å²) >= 11 is 6.06. The normalized spacial score (nSPS) is 11.7. The van der Waals surface area contributed by atoms with Crippen LogP contribution in [0, 0.1) is 13.8 Å². The third-order valence-corrected chi connectivity index (χ3v) is 7.03. The summed E-state index contributed by atoms with van der Waals surface area (Å²) in [5.41, 5.74) is 10.4. The minimum Gasteiger partial charge on any atom is -0.481 e. The number of carbonyl (C=O) groups excluding carboxylic acids is 1. The Balaban J connectivity index is 0.000000931. The summed E-state index contributed by atoms with van der Waals surface area (Å²) < 4.78 is 0. The van der Waals surface area contributed by atoms with Gasteiger partial charge in [0.15, 0.2) is 5.82 Å². The molecule has 2 aromatic carbocycles. The van der Waals surface area contributed by atoms with E-state index >= 15 is 0 Å². The van der Waals surface area contributed by atoms with Crippen LogP contribution in [0.4, 0.5) is 5.82 Å². The molecule has 0 radical (unpaired) electrons. The van der Waals surface area contributed by atoms with Crippen LogP contribution in [-0.2, 0) is 21.4 Å². The van der Waals surface area contributed by atoms with Crippen LogP contribution in [0.15, 0.2) is 49.0 Å². The zero-order valence-corrected chi connectivity index (χ0v) is 26.4. The van der Waals surface area contributed by atoms with E-state index in [0.29, 0.717) is 34.1 Å². The molecule has 0 aliphatic heterocycles. The molecule has 7 heteroatoms. The van der Waals surface area contributed by atoms with Gasteiger partial charge in [0.1, 0.15) is 12.1 Å². The van der Waals surface area contributed by atoms with Gasteiger partial charge in [-0.2, -0.15) is 0 Å². The van der Waals surface area contributed by atoms with E-state index in [-0.39, 0.29) is 12.2 Å². The van der Waals surface area contributed by atoms with Gasteiger partial charge < -0.3 is 15.6 Å². The fourth-order valence-electron chi connectivity index (χ4n) is 4.50. The molecular formula is C34H46ClN3O3. The van der Waals surface area contributed by atoms with Crippen molar-refractivity contribution >= 4 is 35.2 Å². The number of benzene rings is 2. The highest BCUT2D eigenvalue weighted by molar-refractivity contribution is 6.30. The van der Waals surface area contributed by atoms with Gasteiger partial charge in [-0.1, -0.05) is 102 Å². The number of carboxylic acids is 1. The van der Waals surface area contributed by atoms with Crippen molar-refractivity contribution < 1.29 is 14.7 Å². The number of hydrogen-bond donors (Lipinski definition) is 2. The van der Waals surface area contributed by atoms with Gasteiger partial charge in [0.25, 0.3) is 0 Å². The SMILES string of the molecule is C=C(c1nc(C)c([C@@](C)(C=O)c2ccc(CCC(=O)O)cc2)c(N)n1)c1ccc(Cl)cc1C.CC.CCCCCC. The summed E-state index contributed by atoms with van der Waals surface area (Å²) in [6, 6.07) is 12.8. The number of anilines is 1. The van der Waals surface area contributed by atoms with Crippen molar-refractivity contribution in [2.75, 3.05) is 5.73 Å². The van der Waals surface area contributed by atoms with Gasteiger partial charge in [0.2, 0.25) is 0 Å². The highest BCUT2D eigenvalue weighted by atomic mass is 35.5. The largest absolute Gasteiger partial charge is 0.481 e. The molecule has 222 valence electrons. The van der Waals surface area contributed by atoms with Crippen molar-refractivity contribution in [3.63, 3.8) is 0 Å². The van der Waals surface area contributed by atoms with Gasteiger partial charge in [0.05, 0.1) is 5.41 Å². The van der Waals surface area contributed by atoms with Gasteiger partial charge in [0, 0.05) is 28.3 Å². The molecule has 41 heavy (non-hydrogen) atoms. The fraction of sp³-hybridized carbons (Fsp3) is 0.412. The molecule has 0 aliphatic rings. The Morgan fingerprint density at radius 2 is 1.63 bits per heavy atom. The van der Waals surface area contributed by atoms with Gasteiger partial charge in [-0.25, -0.2) is 9.97 Å². The number of hydrogen-bond acceptors (Lipinski definition) is 5. The first-order chi connectivity index (χ1) is 19.5. The molecule has 1 atom stereocenters. The van der Waals surface area contributed by atoms with Gasteiger partial charge >= 0.3 is 5.97 Å². The Labute approximate surface area is 251 Å². The second kappa shape index (κ2) is 17.3. The zero-order valence-electron chi connectivity index (χ0n) is 25.7. The lowest BCUT2D eigenvalue weighted by atomic mass is 9.76. The number of aromatic nitrogens is 2. The molecule has 0 unspecified atom stereocenters. The summed E-state index contributed by atoms with van der Waals surface area (Å²) in [4.78, 5) is 32.3. The summed E-state index contributed by atoms with van der Waals surface area (Å²) in [5, 5.41) is 9.51. The highest BCUT2D eigenvalue weighted by Crippen LogP contribution is 2.36. The van der Waals surface area contributed by atoms with Crippen LogP contribution in [0.1, 0.15) is 106 Å². The number of nitrogens with two attached hydrogens (primary N) is 1. The molecule has 0 saturated carbocycles. The summed E-state index contributed by atoms with van der Waals surface area (Å²) in [5.74, 6) is -0.265. The summed E-state index contributed by atoms with van der Waals surface area (Å²) in [6.45, 7) is 18.1. The number of nitrogen functional groups attached to an aromatic ring is 1. The molecule has 3 aromatic rings. The first-order valence-electron chi connectivity index (χ1n) is 14.4. The number of nitrogens with zero attached hydrogens (tertiary/aromatic N) is 2. The van der Waals surface area contributed by atoms with Crippen LogP contribution in [-0.4, -0.2) is 27.3 Å². The Morgan fingerprint density at radius 3 is 2.10 bits per heavy atom. The summed E-state index contributed by atoms with van der Waals surface area (Å²) in [7, 11) is 0. The molecule has 3 N–H and O–H groups in total. The average molecular weight is 580 g/mol. The average Bonchev–Trinajstić information content (AvgIpc) is 2.95. The molecular weight excluding hydrogens is 534 g/mol. The van der Waals surface area contributed by atoms with E-state index in [1.807, 2.05) is 57.2 Å². The fourth-order valence-corrected chi connectivity index (χ4v) is 4.72. The second-order valence-corrected chi connectivity index (χ2v) is 10.4. The number of unbranched alkanes of at least 4 members (excludes halogenated alkanes) is 3. The first kappa shape index (κ1) is 35.5. The smallest absolute Gasteiger partial charge is 0.303 e. The van der Waals surface area contributed by atoms with E-state index in [1.165, 1.54) is 25.7 Å². The zero-order chi connectivity index (χ0) is 31.2. The van der Waals surface area contributed by atoms with Crippen molar-refractivity contribution in [3.8, 4) is 0 Å². The highest BCUT2D eigenvalue weighted by Gasteiger charge is 2.34. The van der Waals surface area contributed by atoms with Crippen LogP contribution in [0.2, 0.25) is 5.02 Å². The third-order valence-electron chi connectivity index (χ3n) is 6.79. The number of carbonyl (C=O) groups is 2. The van der Waals surface area contributed by atoms with Crippen LogP contribution in [0.3, 0.4) is 0 Å². The molecule has 1 heterocycles. The van der Waals surface area contributed by atoms with E-state index in [1.54, 1.807) is 19.9 Å². The monoisotopic (exact) mass is 579 g/mol. The lowest BCUT2D eigenvalue weighted by molar-refractivity contribution is -0.137. The minimum atomic E-state index is -1.07. The molecule has 3 rings (SSSR count). The molecule has 0 saturated heterocycles. The van der Waals surface area contributed by atoms with Gasteiger partial charge in [-0.15, -0.1) is 0 Å². The van der Waals surface area contributed by atoms with Crippen molar-refractivity contribution in [1.82, 2.24) is 9.97 Å². The van der Waals surface area contributed by atoms with Crippen molar-refractivity contribution in [2.24, 2.45) is 0 Å². The third kappa shape index (κ3) is 9.82. The predicted octanol–water partition coefficient (Wildman–Crippen LogP) is 8.53. The van der Waals surface area contributed by atoms with Gasteiger partial charge in [-0.05, 0) is 61.6 Å². The van der Waals surface area contributed by atoms with Crippen molar-refractivity contribution in [2.45, 2.75) is 92.4 Å². The molecule has 6 nitrogen and oxygen atoms in total. The van der Waals surface area contributed by atoms with Crippen LogP contribution in [0.25, 0.3) is 5.57 Å². The molecule has 0 bridgehead atoms. The Hall–Kier alpha value is -3.51. The first-order valence-corrected chi connectivity index (χ1v) is 14.7. The lowest BCUT2D eigenvalue weighted by Crippen LogP contribution is -2.29. The maximum Gasteiger partial charge on any atom is 0.303 e. The number of carboxylic acid groups (broad SMARTS) is 1. The van der Waals surface area contributed by atoms with E-state index < -0.39 is 11.4 Å². The van der Waals surface area contributed by atoms with Crippen LogP contribution >= 0.6 is 11.6 Å². The second-order valence-electron chi connectivity index (χ2n) is 9.95. The van der Waals surface area contributed by atoms with E-state index in [9.17, 15) is 9.59 Å². The number of rotatable bonds is 11. The van der Waals surface area contributed by atoms with E-state index in [4.69, 9.17) is 22.4 Å². The topological polar surface area (TPSA) is 106 Å². The predicted molar refractivity (Wildman–Crippen MR) is 172 cm³/mol. The quantitative estimate of drug-likeness (QED) is 0.174. The molecule has 0 aliphatic carbocycles. The number of aldehydes is 1.